The van der Waals surface area contributed by atoms with E-state index >= 15 is 0 Å². The van der Waals surface area contributed by atoms with Crippen LogP contribution in [0.4, 0.5) is 5.00 Å². The van der Waals surface area contributed by atoms with Crippen molar-refractivity contribution in [3.63, 3.8) is 0 Å². The molecule has 2 aromatic heterocycles. The van der Waals surface area contributed by atoms with Gasteiger partial charge in [0.2, 0.25) is 5.91 Å². The summed E-state index contributed by atoms with van der Waals surface area (Å²) in [7, 11) is 0. The number of benzene rings is 1. The van der Waals surface area contributed by atoms with Gasteiger partial charge in [0.05, 0.1) is 11.6 Å². The summed E-state index contributed by atoms with van der Waals surface area (Å²) in [5, 5.41) is 5.71. The molecule has 6 nitrogen and oxygen atoms in total. The normalized spacial score (nSPS) is 10.6. The highest BCUT2D eigenvalue weighted by Crippen LogP contribution is 2.36. The van der Waals surface area contributed by atoms with Gasteiger partial charge in [-0.05, 0) is 30.7 Å². The van der Waals surface area contributed by atoms with Crippen LogP contribution in [0.1, 0.15) is 17.3 Å². The molecule has 2 heterocycles. The lowest BCUT2D eigenvalue weighted by atomic mass is 10.0. The van der Waals surface area contributed by atoms with Crippen LogP contribution in [-0.2, 0) is 16.1 Å². The number of carbonyl (C=O) groups is 2. The summed E-state index contributed by atoms with van der Waals surface area (Å²) in [5.41, 5.74) is 1.29. The molecule has 0 saturated heterocycles. The van der Waals surface area contributed by atoms with Gasteiger partial charge in [0.1, 0.15) is 17.1 Å². The van der Waals surface area contributed by atoms with E-state index in [1.165, 1.54) is 34.2 Å². The minimum atomic E-state index is -0.547. The number of hydrogen-bond donors (Lipinski definition) is 1. The molecule has 9 heteroatoms. The first-order valence-electron chi connectivity index (χ1n) is 8.59. The maximum Gasteiger partial charge on any atom is 0.341 e. The molecule has 0 spiro atoms. The van der Waals surface area contributed by atoms with Gasteiger partial charge in [-0.3, -0.25) is 9.59 Å². The van der Waals surface area contributed by atoms with Crippen LogP contribution in [0, 0.1) is 0 Å². The molecule has 0 radical (unpaired) electrons. The van der Waals surface area contributed by atoms with Crippen molar-refractivity contribution in [3.05, 3.63) is 73.9 Å². The predicted octanol–water partition coefficient (Wildman–Crippen LogP) is 4.70. The highest BCUT2D eigenvalue weighted by atomic mass is 35.5. The Morgan fingerprint density at radius 2 is 1.79 bits per heavy atom. The fraction of sp³-hybridized carbons (Fsp3) is 0.150. The summed E-state index contributed by atoms with van der Waals surface area (Å²) >= 11 is 13.0. The van der Waals surface area contributed by atoms with Gasteiger partial charge in [0, 0.05) is 28.2 Å². The zero-order valence-electron chi connectivity index (χ0n) is 15.3. The number of anilines is 1. The van der Waals surface area contributed by atoms with Gasteiger partial charge < -0.3 is 14.6 Å². The third-order valence-electron chi connectivity index (χ3n) is 3.94. The Morgan fingerprint density at radius 1 is 1.10 bits per heavy atom. The number of pyridine rings is 1. The van der Waals surface area contributed by atoms with E-state index in [1.54, 1.807) is 36.6 Å². The fourth-order valence-corrected chi connectivity index (χ4v) is 3.92. The number of amides is 1. The summed E-state index contributed by atoms with van der Waals surface area (Å²) in [6.45, 7) is 1.66. The number of esters is 1. The third kappa shape index (κ3) is 5.06. The minimum absolute atomic E-state index is 0.194. The van der Waals surface area contributed by atoms with Crippen LogP contribution in [0.15, 0.2) is 52.8 Å². The second kappa shape index (κ2) is 9.26. The molecule has 0 aliphatic rings. The quantitative estimate of drug-likeness (QED) is 0.552. The van der Waals surface area contributed by atoms with Gasteiger partial charge in [-0.15, -0.1) is 11.3 Å². The van der Waals surface area contributed by atoms with Crippen molar-refractivity contribution < 1.29 is 14.3 Å². The summed E-state index contributed by atoms with van der Waals surface area (Å²) in [5.74, 6) is -1.02. The first kappa shape index (κ1) is 21.1. The molecule has 150 valence electrons. The molecule has 1 aromatic carbocycles. The van der Waals surface area contributed by atoms with E-state index in [1.807, 2.05) is 0 Å². The summed E-state index contributed by atoms with van der Waals surface area (Å²) < 4.78 is 6.36. The van der Waals surface area contributed by atoms with Crippen LogP contribution >= 0.6 is 34.5 Å². The molecule has 29 heavy (non-hydrogen) atoms. The van der Waals surface area contributed by atoms with E-state index in [9.17, 15) is 14.4 Å². The molecular formula is C20H16Cl2N2O4S. The number of halogens is 2. The number of ether oxygens (including phenoxy) is 1. The zero-order valence-corrected chi connectivity index (χ0v) is 17.6. The number of nitrogens with one attached hydrogen (secondary N) is 1. The molecule has 0 aliphatic carbocycles. The Labute approximate surface area is 180 Å². The minimum Gasteiger partial charge on any atom is -0.462 e. The molecule has 1 N–H and O–H groups in total. The zero-order chi connectivity index (χ0) is 21.0. The Kier molecular flexibility index (Phi) is 6.74. The van der Waals surface area contributed by atoms with Crippen LogP contribution < -0.4 is 10.9 Å². The molecule has 3 aromatic rings. The van der Waals surface area contributed by atoms with Crippen molar-refractivity contribution in [2.24, 2.45) is 0 Å². The molecule has 1 amide bonds. The molecule has 0 atom stereocenters. The molecule has 3 rings (SSSR count). The third-order valence-corrected chi connectivity index (χ3v) is 5.31. The van der Waals surface area contributed by atoms with Crippen LogP contribution in [0.25, 0.3) is 11.1 Å². The predicted molar refractivity (Wildman–Crippen MR) is 115 cm³/mol. The molecule has 0 unspecified atom stereocenters. The molecule has 0 aliphatic heterocycles. The monoisotopic (exact) mass is 450 g/mol. The van der Waals surface area contributed by atoms with Crippen LogP contribution in [-0.4, -0.2) is 23.1 Å². The van der Waals surface area contributed by atoms with Crippen LogP contribution in [0.5, 0.6) is 0 Å². The lowest BCUT2D eigenvalue weighted by Gasteiger charge is -2.10. The standard InChI is InChI=1S/C20H16Cl2N2O4S/c1-2-28-20(27)18-15(12-3-5-13(21)6-4-12)11-29-19(18)23-16(25)10-24-9-14(22)7-8-17(24)26/h3-9,11H,2,10H2,1H3,(H,23,25). The maximum atomic E-state index is 12.6. The molecular weight excluding hydrogens is 435 g/mol. The van der Waals surface area contributed by atoms with E-state index in [2.05, 4.69) is 5.32 Å². The fourth-order valence-electron chi connectivity index (χ4n) is 2.64. The van der Waals surface area contributed by atoms with Crippen molar-refractivity contribution in [1.29, 1.82) is 0 Å². The van der Waals surface area contributed by atoms with Crippen molar-refractivity contribution in [3.8, 4) is 11.1 Å². The first-order valence-corrected chi connectivity index (χ1v) is 10.2. The highest BCUT2D eigenvalue weighted by Gasteiger charge is 2.23. The lowest BCUT2D eigenvalue weighted by Crippen LogP contribution is -2.27. The topological polar surface area (TPSA) is 77.4 Å². The van der Waals surface area contributed by atoms with Gasteiger partial charge in [-0.25, -0.2) is 4.79 Å². The average molecular weight is 451 g/mol. The number of nitrogens with zero attached hydrogens (tertiary/aromatic N) is 1. The smallest absolute Gasteiger partial charge is 0.341 e. The number of carbonyl (C=O) groups excluding carboxylic acids is 2. The van der Waals surface area contributed by atoms with Crippen molar-refractivity contribution >= 4 is 51.4 Å². The maximum absolute atomic E-state index is 12.6. The summed E-state index contributed by atoms with van der Waals surface area (Å²) in [4.78, 5) is 36.9. The van der Waals surface area contributed by atoms with Gasteiger partial charge in [-0.1, -0.05) is 35.3 Å². The SMILES string of the molecule is CCOC(=O)c1c(-c2ccc(Cl)cc2)csc1NC(=O)Cn1cc(Cl)ccc1=O. The van der Waals surface area contributed by atoms with Crippen molar-refractivity contribution in [1.82, 2.24) is 4.57 Å². The van der Waals surface area contributed by atoms with Crippen LogP contribution in [0.2, 0.25) is 10.0 Å². The Bertz CT molecular complexity index is 1110. The van der Waals surface area contributed by atoms with E-state index in [0.29, 0.717) is 20.6 Å². The van der Waals surface area contributed by atoms with E-state index < -0.39 is 11.9 Å². The van der Waals surface area contributed by atoms with Gasteiger partial charge in [-0.2, -0.15) is 0 Å². The lowest BCUT2D eigenvalue weighted by molar-refractivity contribution is -0.116. The van der Waals surface area contributed by atoms with Gasteiger partial charge in [0.15, 0.2) is 0 Å². The molecule has 0 bridgehead atoms. The molecule has 0 saturated carbocycles. The number of thiophene rings is 1. The van der Waals surface area contributed by atoms with Gasteiger partial charge >= 0.3 is 5.97 Å². The van der Waals surface area contributed by atoms with Crippen molar-refractivity contribution in [2.75, 3.05) is 11.9 Å². The Morgan fingerprint density at radius 3 is 2.48 bits per heavy atom. The van der Waals surface area contributed by atoms with E-state index in [-0.39, 0.29) is 24.3 Å². The van der Waals surface area contributed by atoms with Gasteiger partial charge in [0.25, 0.3) is 5.56 Å². The highest BCUT2D eigenvalue weighted by molar-refractivity contribution is 7.15. The number of hydrogen-bond acceptors (Lipinski definition) is 5. The summed E-state index contributed by atoms with van der Waals surface area (Å²) in [6, 6.07) is 9.73. The second-order valence-electron chi connectivity index (χ2n) is 5.94. The van der Waals surface area contributed by atoms with E-state index in [4.69, 9.17) is 27.9 Å². The summed E-state index contributed by atoms with van der Waals surface area (Å²) in [6.07, 6.45) is 1.38. The number of rotatable bonds is 6. The first-order chi connectivity index (χ1) is 13.9. The Balaban J connectivity index is 1.91. The van der Waals surface area contributed by atoms with Crippen LogP contribution in [0.3, 0.4) is 0 Å². The second-order valence-corrected chi connectivity index (χ2v) is 7.70. The van der Waals surface area contributed by atoms with Crippen molar-refractivity contribution in [2.45, 2.75) is 13.5 Å². The van der Waals surface area contributed by atoms with E-state index in [0.717, 1.165) is 5.56 Å². The largest absolute Gasteiger partial charge is 0.462 e. The number of aromatic nitrogens is 1. The molecule has 0 fully saturated rings. The average Bonchev–Trinajstić information content (AvgIpc) is 3.09. The Hall–Kier alpha value is -2.61.